The number of benzene rings is 3. The molecule has 0 bridgehead atoms. The van der Waals surface area contributed by atoms with Crippen molar-refractivity contribution in [3.8, 4) is 6.19 Å². The van der Waals surface area contributed by atoms with E-state index in [4.69, 9.17) is 0 Å². The van der Waals surface area contributed by atoms with Crippen LogP contribution in [0.1, 0.15) is 22.8 Å². The first-order valence-corrected chi connectivity index (χ1v) is 9.17. The Morgan fingerprint density at radius 2 is 1.68 bits per heavy atom. The van der Waals surface area contributed by atoms with Gasteiger partial charge in [0, 0.05) is 18.5 Å². The molecular weight excluding hydrogens is 350 g/mol. The first-order valence-electron chi connectivity index (χ1n) is 9.17. The summed E-state index contributed by atoms with van der Waals surface area (Å²) < 4.78 is 0. The first-order chi connectivity index (χ1) is 13.6. The molecule has 1 unspecified atom stereocenters. The molecule has 2 amide bonds. The maximum absolute atomic E-state index is 12.8. The van der Waals surface area contributed by atoms with Crippen LogP contribution >= 0.6 is 0 Å². The van der Waals surface area contributed by atoms with Gasteiger partial charge in [0.15, 0.2) is 6.19 Å². The van der Waals surface area contributed by atoms with Gasteiger partial charge in [-0.1, -0.05) is 60.7 Å². The third kappa shape index (κ3) is 4.36. The number of carbonyl (C=O) groups is 2. The third-order valence-electron chi connectivity index (χ3n) is 4.60. The number of amides is 2. The van der Waals surface area contributed by atoms with Crippen molar-refractivity contribution in [3.63, 3.8) is 0 Å². The van der Waals surface area contributed by atoms with Crippen molar-refractivity contribution in [2.45, 2.75) is 19.4 Å². The molecule has 140 valence electrons. The Labute approximate surface area is 164 Å². The van der Waals surface area contributed by atoms with E-state index >= 15 is 0 Å². The maximum Gasteiger partial charge on any atom is 0.258 e. The lowest BCUT2D eigenvalue weighted by Gasteiger charge is -2.22. The molecule has 0 saturated carbocycles. The molecule has 5 heteroatoms. The summed E-state index contributed by atoms with van der Waals surface area (Å²) in [6, 6.07) is 21.8. The Morgan fingerprint density at radius 3 is 2.36 bits per heavy atom. The molecule has 28 heavy (non-hydrogen) atoms. The van der Waals surface area contributed by atoms with Crippen molar-refractivity contribution >= 4 is 22.6 Å². The molecule has 3 aromatic rings. The summed E-state index contributed by atoms with van der Waals surface area (Å²) in [6.07, 6.45) is 2.20. The normalized spacial score (nSPS) is 11.4. The molecule has 0 aromatic heterocycles. The highest BCUT2D eigenvalue weighted by atomic mass is 16.2. The number of hydrogen-bond acceptors (Lipinski definition) is 3. The van der Waals surface area contributed by atoms with Crippen LogP contribution in [0.2, 0.25) is 0 Å². The molecule has 0 aliphatic heterocycles. The molecule has 3 rings (SSSR count). The molecule has 0 spiro atoms. The van der Waals surface area contributed by atoms with Crippen LogP contribution in [0.3, 0.4) is 0 Å². The molecule has 0 fully saturated rings. The Hall–Kier alpha value is -3.65. The topological polar surface area (TPSA) is 73.2 Å². The minimum Gasteiger partial charge on any atom is -0.340 e. The number of nitrogens with one attached hydrogen (secondary N) is 1. The standard InChI is InChI=1S/C23H21N3O2/c1-2-26(16-24)23(28)21(25-22(27)19-9-4-3-5-10-19)15-17-12-13-18-8-6-7-11-20(18)14-17/h3-14,21H,2,15H2,1H3,(H,25,27). The van der Waals surface area contributed by atoms with Crippen LogP contribution in [-0.4, -0.2) is 29.3 Å². The van der Waals surface area contributed by atoms with Gasteiger partial charge in [0.25, 0.3) is 11.8 Å². The van der Waals surface area contributed by atoms with Crippen molar-refractivity contribution in [2.24, 2.45) is 0 Å². The molecule has 5 nitrogen and oxygen atoms in total. The molecular formula is C23H21N3O2. The van der Waals surface area contributed by atoms with E-state index in [2.05, 4.69) is 5.32 Å². The average molecular weight is 371 g/mol. The van der Waals surface area contributed by atoms with Gasteiger partial charge in [0.05, 0.1) is 0 Å². The van der Waals surface area contributed by atoms with E-state index < -0.39 is 11.9 Å². The number of fused-ring (bicyclic) bond motifs is 1. The summed E-state index contributed by atoms with van der Waals surface area (Å²) >= 11 is 0. The van der Waals surface area contributed by atoms with E-state index in [0.717, 1.165) is 21.2 Å². The monoisotopic (exact) mass is 371 g/mol. The number of likely N-dealkylation sites (N-methyl/N-ethyl adjacent to an activating group) is 1. The SMILES string of the molecule is CCN(C#N)C(=O)C(Cc1ccc2ccccc2c1)NC(=O)c1ccccc1. The minimum absolute atomic E-state index is 0.255. The van der Waals surface area contributed by atoms with Crippen LogP contribution in [0.5, 0.6) is 0 Å². The van der Waals surface area contributed by atoms with Gasteiger partial charge >= 0.3 is 0 Å². The number of nitriles is 1. The summed E-state index contributed by atoms with van der Waals surface area (Å²) in [5.41, 5.74) is 1.39. The van der Waals surface area contributed by atoms with E-state index in [0.29, 0.717) is 12.0 Å². The van der Waals surface area contributed by atoms with Gasteiger partial charge in [-0.25, -0.2) is 4.90 Å². The highest BCUT2D eigenvalue weighted by Gasteiger charge is 2.26. The maximum atomic E-state index is 12.8. The van der Waals surface area contributed by atoms with E-state index in [1.54, 1.807) is 31.2 Å². The zero-order valence-electron chi connectivity index (χ0n) is 15.6. The van der Waals surface area contributed by atoms with Crippen molar-refractivity contribution in [1.29, 1.82) is 5.26 Å². The predicted octanol–water partition coefficient (Wildman–Crippen LogP) is 3.51. The second-order valence-corrected chi connectivity index (χ2v) is 6.46. The Bertz CT molecular complexity index is 1020. The fourth-order valence-electron chi connectivity index (χ4n) is 3.10. The molecule has 0 radical (unpaired) electrons. The van der Waals surface area contributed by atoms with Crippen LogP contribution in [0.15, 0.2) is 72.8 Å². The largest absolute Gasteiger partial charge is 0.340 e. The van der Waals surface area contributed by atoms with Crippen LogP contribution < -0.4 is 5.32 Å². The number of rotatable bonds is 6. The Morgan fingerprint density at radius 1 is 1.00 bits per heavy atom. The lowest BCUT2D eigenvalue weighted by atomic mass is 10.0. The molecule has 1 atom stereocenters. The number of nitrogens with zero attached hydrogens (tertiary/aromatic N) is 2. The fraction of sp³-hybridized carbons (Fsp3) is 0.174. The molecule has 0 heterocycles. The van der Waals surface area contributed by atoms with Gasteiger partial charge in [0.2, 0.25) is 0 Å². The summed E-state index contributed by atoms with van der Waals surface area (Å²) in [6.45, 7) is 1.98. The fourth-order valence-corrected chi connectivity index (χ4v) is 3.10. The van der Waals surface area contributed by atoms with E-state index in [1.807, 2.05) is 54.7 Å². The Balaban J connectivity index is 1.87. The smallest absolute Gasteiger partial charge is 0.258 e. The lowest BCUT2D eigenvalue weighted by molar-refractivity contribution is -0.130. The van der Waals surface area contributed by atoms with Crippen LogP contribution in [0.4, 0.5) is 0 Å². The van der Waals surface area contributed by atoms with Gasteiger partial charge in [-0.2, -0.15) is 5.26 Å². The van der Waals surface area contributed by atoms with Gasteiger partial charge in [-0.15, -0.1) is 0 Å². The highest BCUT2D eigenvalue weighted by molar-refractivity contribution is 5.97. The summed E-state index contributed by atoms with van der Waals surface area (Å²) in [5.74, 6) is -0.754. The molecule has 1 N–H and O–H groups in total. The highest BCUT2D eigenvalue weighted by Crippen LogP contribution is 2.17. The predicted molar refractivity (Wildman–Crippen MR) is 108 cm³/mol. The molecule has 0 aliphatic carbocycles. The van der Waals surface area contributed by atoms with Crippen molar-refractivity contribution in [1.82, 2.24) is 10.2 Å². The zero-order valence-corrected chi connectivity index (χ0v) is 15.6. The second kappa shape index (κ2) is 8.83. The first kappa shape index (κ1) is 19.1. The van der Waals surface area contributed by atoms with Gasteiger partial charge < -0.3 is 5.32 Å². The van der Waals surface area contributed by atoms with Crippen LogP contribution in [-0.2, 0) is 11.2 Å². The summed E-state index contributed by atoms with van der Waals surface area (Å²) in [7, 11) is 0. The average Bonchev–Trinajstić information content (AvgIpc) is 2.74. The van der Waals surface area contributed by atoms with Crippen molar-refractivity contribution in [3.05, 3.63) is 83.9 Å². The zero-order chi connectivity index (χ0) is 19.9. The van der Waals surface area contributed by atoms with Gasteiger partial charge in [0.1, 0.15) is 6.04 Å². The molecule has 0 aliphatic rings. The summed E-state index contributed by atoms with van der Waals surface area (Å²) in [5, 5.41) is 14.2. The van der Waals surface area contributed by atoms with E-state index in [9.17, 15) is 14.9 Å². The van der Waals surface area contributed by atoms with Crippen molar-refractivity contribution in [2.75, 3.05) is 6.54 Å². The second-order valence-electron chi connectivity index (χ2n) is 6.46. The quantitative estimate of drug-likeness (QED) is 0.532. The summed E-state index contributed by atoms with van der Waals surface area (Å²) in [4.78, 5) is 26.5. The lowest BCUT2D eigenvalue weighted by Crippen LogP contribution is -2.48. The van der Waals surface area contributed by atoms with Crippen molar-refractivity contribution < 1.29 is 9.59 Å². The molecule has 0 saturated heterocycles. The van der Waals surface area contributed by atoms with E-state index in [-0.39, 0.29) is 12.5 Å². The third-order valence-corrected chi connectivity index (χ3v) is 4.60. The van der Waals surface area contributed by atoms with E-state index in [1.165, 1.54) is 0 Å². The Kier molecular flexibility index (Phi) is 6.03. The number of hydrogen-bond donors (Lipinski definition) is 1. The van der Waals surface area contributed by atoms with Gasteiger partial charge in [-0.05, 0) is 35.4 Å². The van der Waals surface area contributed by atoms with Crippen LogP contribution in [0.25, 0.3) is 10.8 Å². The number of carbonyl (C=O) groups excluding carboxylic acids is 2. The minimum atomic E-state index is -0.825. The molecule has 3 aromatic carbocycles. The van der Waals surface area contributed by atoms with Gasteiger partial charge in [-0.3, -0.25) is 9.59 Å². The van der Waals surface area contributed by atoms with Crippen LogP contribution in [0, 0.1) is 11.5 Å².